The number of anilines is 1. The van der Waals surface area contributed by atoms with E-state index in [0.717, 1.165) is 10.9 Å². The number of ether oxygens (including phenoxy) is 2. The number of allylic oxidation sites excluding steroid dienone is 1. The maximum Gasteiger partial charge on any atom is 0.338 e. The van der Waals surface area contributed by atoms with Gasteiger partial charge >= 0.3 is 5.97 Å². The number of nitrogens with zero attached hydrogens (tertiary/aromatic N) is 3. The number of carbonyl (C=O) groups excluding carboxylic acids is 1. The Labute approximate surface area is 221 Å². The third-order valence-corrected chi connectivity index (χ3v) is 7.18. The molecule has 0 aliphatic carbocycles. The number of furan rings is 1. The molecule has 1 atom stereocenters. The lowest BCUT2D eigenvalue weighted by Crippen LogP contribution is -2.40. The molecule has 1 aliphatic heterocycles. The lowest BCUT2D eigenvalue weighted by molar-refractivity contribution is -0.139. The van der Waals surface area contributed by atoms with Crippen LogP contribution in [0.2, 0.25) is 0 Å². The summed E-state index contributed by atoms with van der Waals surface area (Å²) in [7, 11) is 5.33. The average molecular weight is 574 g/mol. The van der Waals surface area contributed by atoms with Crippen LogP contribution in [0.4, 0.5) is 5.88 Å². The van der Waals surface area contributed by atoms with Crippen LogP contribution in [0, 0.1) is 0 Å². The van der Waals surface area contributed by atoms with Gasteiger partial charge in [-0.25, -0.2) is 9.79 Å². The molecule has 1 aliphatic rings. The van der Waals surface area contributed by atoms with Gasteiger partial charge in [0.25, 0.3) is 5.56 Å². The Hall–Kier alpha value is -3.11. The van der Waals surface area contributed by atoms with Crippen molar-refractivity contribution in [2.45, 2.75) is 32.7 Å². The normalized spacial score (nSPS) is 15.5. The minimum atomic E-state index is -0.759. The van der Waals surface area contributed by atoms with E-state index in [4.69, 9.17) is 18.9 Å². The summed E-state index contributed by atoms with van der Waals surface area (Å²) in [5.41, 5.74) is 1.36. The SMILES string of the molecule is CCCC1=C(C(=O)OCC)[C@@H](c2cc(Br)ccc2OC)n2c(s/c(=C/c3ccc(N(C)C)o3)c2=O)=N1. The number of fused-ring (bicyclic) bond motifs is 1. The Bertz CT molecular complexity index is 1500. The molecule has 0 spiro atoms. The van der Waals surface area contributed by atoms with Gasteiger partial charge in [0.2, 0.25) is 0 Å². The largest absolute Gasteiger partial charge is 0.496 e. The van der Waals surface area contributed by atoms with Crippen molar-refractivity contribution in [1.82, 2.24) is 4.57 Å². The summed E-state index contributed by atoms with van der Waals surface area (Å²) in [6.45, 7) is 3.99. The van der Waals surface area contributed by atoms with E-state index >= 15 is 0 Å². The van der Waals surface area contributed by atoms with Gasteiger partial charge in [-0.1, -0.05) is 40.6 Å². The van der Waals surface area contributed by atoms with Gasteiger partial charge in [-0.05, 0) is 37.6 Å². The summed E-state index contributed by atoms with van der Waals surface area (Å²) in [6.07, 6.45) is 3.05. The van der Waals surface area contributed by atoms with Crippen LogP contribution in [-0.2, 0) is 9.53 Å². The second kappa shape index (κ2) is 10.9. The van der Waals surface area contributed by atoms with E-state index in [1.165, 1.54) is 11.3 Å². The molecule has 1 aromatic carbocycles. The number of rotatable bonds is 8. The zero-order chi connectivity index (χ0) is 26.0. The first kappa shape index (κ1) is 26.0. The Morgan fingerprint density at radius 1 is 1.28 bits per heavy atom. The average Bonchev–Trinajstić information content (AvgIpc) is 3.43. The summed E-state index contributed by atoms with van der Waals surface area (Å²) in [5, 5.41) is 0. The van der Waals surface area contributed by atoms with Gasteiger partial charge in [0.05, 0.1) is 29.5 Å². The summed E-state index contributed by atoms with van der Waals surface area (Å²) < 4.78 is 19.7. The molecule has 0 saturated carbocycles. The highest BCUT2D eigenvalue weighted by molar-refractivity contribution is 9.10. The van der Waals surface area contributed by atoms with Crippen LogP contribution in [0.3, 0.4) is 0 Å². The molecule has 10 heteroatoms. The first-order valence-corrected chi connectivity index (χ1v) is 13.2. The van der Waals surface area contributed by atoms with Gasteiger partial charge in [-0.2, -0.15) is 0 Å². The molecule has 190 valence electrons. The van der Waals surface area contributed by atoms with Crippen molar-refractivity contribution >= 4 is 45.2 Å². The fraction of sp³-hybridized carbons (Fsp3) is 0.346. The van der Waals surface area contributed by atoms with E-state index < -0.39 is 12.0 Å². The van der Waals surface area contributed by atoms with Crippen molar-refractivity contribution in [3.63, 3.8) is 0 Å². The summed E-state index contributed by atoms with van der Waals surface area (Å²) in [6, 6.07) is 8.43. The van der Waals surface area contributed by atoms with Crippen molar-refractivity contribution in [2.24, 2.45) is 4.99 Å². The molecule has 0 N–H and O–H groups in total. The number of hydrogen-bond acceptors (Lipinski definition) is 8. The molecule has 0 bridgehead atoms. The van der Waals surface area contributed by atoms with Crippen molar-refractivity contribution in [3.8, 4) is 5.75 Å². The molecule has 4 rings (SSSR count). The van der Waals surface area contributed by atoms with Crippen molar-refractivity contribution in [2.75, 3.05) is 32.7 Å². The predicted octanol–water partition coefficient (Wildman–Crippen LogP) is 4.01. The van der Waals surface area contributed by atoms with Crippen LogP contribution in [0.1, 0.15) is 44.1 Å². The summed E-state index contributed by atoms with van der Waals surface area (Å²) in [4.78, 5) is 34.3. The molecule has 36 heavy (non-hydrogen) atoms. The predicted molar refractivity (Wildman–Crippen MR) is 143 cm³/mol. The van der Waals surface area contributed by atoms with E-state index in [1.54, 1.807) is 24.7 Å². The van der Waals surface area contributed by atoms with E-state index in [2.05, 4.69) is 15.9 Å². The number of halogens is 1. The topological polar surface area (TPSA) is 86.3 Å². The van der Waals surface area contributed by atoms with Crippen LogP contribution in [0.15, 0.2) is 60.3 Å². The molecule has 0 amide bonds. The molecule has 0 radical (unpaired) electrons. The highest BCUT2D eigenvalue weighted by Crippen LogP contribution is 2.38. The van der Waals surface area contributed by atoms with Crippen LogP contribution in [0.25, 0.3) is 6.08 Å². The van der Waals surface area contributed by atoms with Crippen molar-refractivity contribution < 1.29 is 18.7 Å². The van der Waals surface area contributed by atoms with Gasteiger partial charge in [0.15, 0.2) is 10.7 Å². The quantitative estimate of drug-likeness (QED) is 0.378. The molecule has 8 nitrogen and oxygen atoms in total. The molecule has 2 aromatic heterocycles. The molecule has 0 fully saturated rings. The Balaban J connectivity index is 2.02. The van der Waals surface area contributed by atoms with Crippen molar-refractivity contribution in [3.05, 3.63) is 77.1 Å². The molecule has 0 saturated heterocycles. The zero-order valence-corrected chi connectivity index (χ0v) is 23.2. The number of aromatic nitrogens is 1. The monoisotopic (exact) mass is 573 g/mol. The first-order chi connectivity index (χ1) is 17.3. The Morgan fingerprint density at radius 3 is 2.69 bits per heavy atom. The van der Waals surface area contributed by atoms with E-state index in [9.17, 15) is 9.59 Å². The van der Waals surface area contributed by atoms with Gasteiger partial charge in [-0.3, -0.25) is 9.36 Å². The van der Waals surface area contributed by atoms with Crippen LogP contribution < -0.4 is 24.5 Å². The Kier molecular flexibility index (Phi) is 7.85. The minimum absolute atomic E-state index is 0.210. The summed E-state index contributed by atoms with van der Waals surface area (Å²) in [5.74, 6) is 1.30. The van der Waals surface area contributed by atoms with Gasteiger partial charge in [-0.15, -0.1) is 0 Å². The van der Waals surface area contributed by atoms with Gasteiger partial charge in [0, 0.05) is 36.3 Å². The highest BCUT2D eigenvalue weighted by atomic mass is 79.9. The first-order valence-electron chi connectivity index (χ1n) is 11.6. The third-order valence-electron chi connectivity index (χ3n) is 5.71. The standard InChI is InChI=1S/C26H28BrN3O5S/c1-6-8-18-22(25(32)34-7-2)23(17-13-15(27)9-11-19(17)33-5)30-24(31)20(36-26(30)28-18)14-16-10-12-21(35-16)29(3)4/h9-14,23H,6-8H2,1-5H3/b20-14+/t23-/m1/s1. The molecular weight excluding hydrogens is 546 g/mol. The number of thiazole rings is 1. The van der Waals surface area contributed by atoms with Gasteiger partial charge in [0.1, 0.15) is 17.6 Å². The lowest BCUT2D eigenvalue weighted by Gasteiger charge is -2.27. The molecule has 3 heterocycles. The fourth-order valence-corrected chi connectivity index (χ4v) is 5.50. The van der Waals surface area contributed by atoms with E-state index in [1.807, 2.05) is 56.3 Å². The van der Waals surface area contributed by atoms with Crippen LogP contribution in [-0.4, -0.2) is 38.3 Å². The smallest absolute Gasteiger partial charge is 0.338 e. The lowest BCUT2D eigenvalue weighted by atomic mass is 9.93. The molecule has 0 unspecified atom stereocenters. The minimum Gasteiger partial charge on any atom is -0.496 e. The number of benzene rings is 1. The second-order valence-electron chi connectivity index (χ2n) is 8.37. The maximum absolute atomic E-state index is 13.8. The second-order valence-corrected chi connectivity index (χ2v) is 10.3. The number of carbonyl (C=O) groups is 1. The third kappa shape index (κ3) is 4.92. The Morgan fingerprint density at radius 2 is 2.06 bits per heavy atom. The zero-order valence-electron chi connectivity index (χ0n) is 20.8. The van der Waals surface area contributed by atoms with E-state index in [-0.39, 0.29) is 12.2 Å². The van der Waals surface area contributed by atoms with E-state index in [0.29, 0.717) is 50.0 Å². The van der Waals surface area contributed by atoms with Crippen LogP contribution >= 0.6 is 27.3 Å². The van der Waals surface area contributed by atoms with Crippen LogP contribution in [0.5, 0.6) is 5.75 Å². The highest BCUT2D eigenvalue weighted by Gasteiger charge is 2.36. The fourth-order valence-electron chi connectivity index (χ4n) is 4.12. The molecular formula is C26H28BrN3O5S. The number of methoxy groups -OCH3 is 1. The molecule has 3 aromatic rings. The van der Waals surface area contributed by atoms with Crippen molar-refractivity contribution in [1.29, 1.82) is 0 Å². The summed E-state index contributed by atoms with van der Waals surface area (Å²) >= 11 is 4.79. The van der Waals surface area contributed by atoms with Gasteiger partial charge < -0.3 is 18.8 Å². The maximum atomic E-state index is 13.8. The number of hydrogen-bond donors (Lipinski definition) is 0. The number of esters is 1.